The van der Waals surface area contributed by atoms with Crippen LogP contribution < -0.4 is 0 Å². The van der Waals surface area contributed by atoms with Crippen LogP contribution in [0.4, 0.5) is 0 Å². The summed E-state index contributed by atoms with van der Waals surface area (Å²) in [7, 11) is 0. The van der Waals surface area contributed by atoms with Gasteiger partial charge in [-0.3, -0.25) is 9.69 Å². The predicted octanol–water partition coefficient (Wildman–Crippen LogP) is 2.27. The molecule has 0 spiro atoms. The Morgan fingerprint density at radius 2 is 2.35 bits per heavy atom. The molecule has 0 saturated carbocycles. The smallest absolute Gasteiger partial charge is 0.303 e. The Hall–Kier alpha value is -1.43. The lowest BCUT2D eigenvalue weighted by Crippen LogP contribution is -2.35. The standard InChI is InChI=1S/C14H23N3O3/c1-10(2)14-15-12(20-16-14)9-17-7-3-4-11(8-17)5-6-13(18)19/h10-11H,3-9H2,1-2H3,(H,18,19). The molecule has 6 heteroatoms. The zero-order valence-electron chi connectivity index (χ0n) is 12.2. The van der Waals surface area contributed by atoms with Gasteiger partial charge in [-0.2, -0.15) is 4.98 Å². The highest BCUT2D eigenvalue weighted by Crippen LogP contribution is 2.22. The molecule has 112 valence electrons. The number of aliphatic carboxylic acids is 1. The molecule has 1 aromatic rings. The van der Waals surface area contributed by atoms with Gasteiger partial charge in [0.2, 0.25) is 5.89 Å². The Bertz CT molecular complexity index is 445. The highest BCUT2D eigenvalue weighted by Gasteiger charge is 2.22. The largest absolute Gasteiger partial charge is 0.481 e. The molecule has 0 radical (unpaired) electrons. The molecule has 1 aromatic heterocycles. The number of carbonyl (C=O) groups is 1. The molecule has 1 unspecified atom stereocenters. The number of hydrogen-bond donors (Lipinski definition) is 1. The monoisotopic (exact) mass is 281 g/mol. The fourth-order valence-electron chi connectivity index (χ4n) is 2.62. The number of piperidine rings is 1. The van der Waals surface area contributed by atoms with Crippen molar-refractivity contribution < 1.29 is 14.4 Å². The zero-order valence-corrected chi connectivity index (χ0v) is 12.2. The normalized spacial score (nSPS) is 20.4. The summed E-state index contributed by atoms with van der Waals surface area (Å²) in [5.74, 6) is 1.44. The third-order valence-corrected chi connectivity index (χ3v) is 3.73. The maximum Gasteiger partial charge on any atom is 0.303 e. The van der Waals surface area contributed by atoms with E-state index in [1.165, 1.54) is 0 Å². The van der Waals surface area contributed by atoms with Crippen LogP contribution in [0.2, 0.25) is 0 Å². The predicted molar refractivity (Wildman–Crippen MR) is 73.3 cm³/mol. The van der Waals surface area contributed by atoms with Gasteiger partial charge in [0.25, 0.3) is 0 Å². The summed E-state index contributed by atoms with van der Waals surface area (Å²) in [5.41, 5.74) is 0. The minimum absolute atomic E-state index is 0.260. The Kier molecular flexibility index (Phi) is 5.11. The van der Waals surface area contributed by atoms with E-state index < -0.39 is 5.97 Å². The quantitative estimate of drug-likeness (QED) is 0.861. The highest BCUT2D eigenvalue weighted by atomic mass is 16.5. The molecule has 1 fully saturated rings. The molecule has 1 aliphatic rings. The van der Waals surface area contributed by atoms with Gasteiger partial charge in [-0.25, -0.2) is 0 Å². The molecule has 0 aromatic carbocycles. The second-order valence-electron chi connectivity index (χ2n) is 5.88. The highest BCUT2D eigenvalue weighted by molar-refractivity contribution is 5.66. The van der Waals surface area contributed by atoms with E-state index in [9.17, 15) is 4.79 Å². The molecule has 6 nitrogen and oxygen atoms in total. The van der Waals surface area contributed by atoms with Gasteiger partial charge in [0.15, 0.2) is 5.82 Å². The Morgan fingerprint density at radius 1 is 1.55 bits per heavy atom. The van der Waals surface area contributed by atoms with Crippen LogP contribution in [-0.4, -0.2) is 39.2 Å². The molecule has 0 bridgehead atoms. The fraction of sp³-hybridized carbons (Fsp3) is 0.786. The van der Waals surface area contributed by atoms with Crippen LogP contribution in [0.25, 0.3) is 0 Å². The Balaban J connectivity index is 1.84. The molecule has 1 N–H and O–H groups in total. The van der Waals surface area contributed by atoms with E-state index in [2.05, 4.69) is 15.0 Å². The summed E-state index contributed by atoms with van der Waals surface area (Å²) in [6.45, 7) is 6.69. The first kappa shape index (κ1) is 15.0. The van der Waals surface area contributed by atoms with Crippen LogP contribution in [0, 0.1) is 5.92 Å². The fourth-order valence-corrected chi connectivity index (χ4v) is 2.62. The minimum atomic E-state index is -0.708. The van der Waals surface area contributed by atoms with Crippen LogP contribution in [0.5, 0.6) is 0 Å². The first-order valence-electron chi connectivity index (χ1n) is 7.31. The molecule has 2 heterocycles. The number of carboxylic acid groups (broad SMARTS) is 1. The third kappa shape index (κ3) is 4.30. The summed E-state index contributed by atoms with van der Waals surface area (Å²) in [6, 6.07) is 0. The van der Waals surface area contributed by atoms with Crippen LogP contribution in [-0.2, 0) is 11.3 Å². The van der Waals surface area contributed by atoms with Crippen molar-refractivity contribution in [3.8, 4) is 0 Å². The maximum absolute atomic E-state index is 10.6. The Morgan fingerprint density at radius 3 is 3.00 bits per heavy atom. The van der Waals surface area contributed by atoms with Crippen molar-refractivity contribution in [3.05, 3.63) is 11.7 Å². The number of hydrogen-bond acceptors (Lipinski definition) is 5. The average Bonchev–Trinajstić information content (AvgIpc) is 2.85. The number of carboxylic acids is 1. The van der Waals surface area contributed by atoms with Gasteiger partial charge in [-0.1, -0.05) is 19.0 Å². The first-order valence-corrected chi connectivity index (χ1v) is 7.31. The molecule has 0 amide bonds. The van der Waals surface area contributed by atoms with Crippen molar-refractivity contribution in [2.45, 2.75) is 52.0 Å². The number of aromatic nitrogens is 2. The van der Waals surface area contributed by atoms with Gasteiger partial charge in [0.1, 0.15) is 0 Å². The van der Waals surface area contributed by atoms with Crippen molar-refractivity contribution in [1.82, 2.24) is 15.0 Å². The second kappa shape index (κ2) is 6.83. The van der Waals surface area contributed by atoms with Crippen molar-refractivity contribution in [2.24, 2.45) is 5.92 Å². The van der Waals surface area contributed by atoms with Gasteiger partial charge in [0, 0.05) is 18.9 Å². The molecule has 1 saturated heterocycles. The van der Waals surface area contributed by atoms with Crippen LogP contribution in [0.1, 0.15) is 57.2 Å². The summed E-state index contributed by atoms with van der Waals surface area (Å²) >= 11 is 0. The number of nitrogens with zero attached hydrogens (tertiary/aromatic N) is 3. The van der Waals surface area contributed by atoms with Crippen LogP contribution in [0.3, 0.4) is 0 Å². The lowest BCUT2D eigenvalue weighted by Gasteiger charge is -2.31. The Labute approximate surface area is 119 Å². The SMILES string of the molecule is CC(C)c1noc(CN2CCCC(CCC(=O)O)C2)n1. The summed E-state index contributed by atoms with van der Waals surface area (Å²) in [6.07, 6.45) is 3.24. The summed E-state index contributed by atoms with van der Waals surface area (Å²) in [4.78, 5) is 17.3. The number of rotatable bonds is 6. The van der Waals surface area contributed by atoms with E-state index in [1.54, 1.807) is 0 Å². The van der Waals surface area contributed by atoms with Gasteiger partial charge >= 0.3 is 5.97 Å². The second-order valence-corrected chi connectivity index (χ2v) is 5.88. The zero-order chi connectivity index (χ0) is 14.5. The van der Waals surface area contributed by atoms with E-state index in [1.807, 2.05) is 13.8 Å². The molecule has 1 aliphatic heterocycles. The minimum Gasteiger partial charge on any atom is -0.481 e. The molecular formula is C14H23N3O3. The summed E-state index contributed by atoms with van der Waals surface area (Å²) in [5, 5.41) is 12.7. The van der Waals surface area contributed by atoms with E-state index in [0.717, 1.165) is 38.2 Å². The molecule has 0 aliphatic carbocycles. The summed E-state index contributed by atoms with van der Waals surface area (Å²) < 4.78 is 5.27. The van der Waals surface area contributed by atoms with Gasteiger partial charge < -0.3 is 9.63 Å². The van der Waals surface area contributed by atoms with Crippen molar-refractivity contribution >= 4 is 5.97 Å². The molecular weight excluding hydrogens is 258 g/mol. The van der Waals surface area contributed by atoms with Crippen molar-refractivity contribution in [1.29, 1.82) is 0 Å². The van der Waals surface area contributed by atoms with Gasteiger partial charge in [-0.05, 0) is 31.7 Å². The lowest BCUT2D eigenvalue weighted by atomic mass is 9.93. The topological polar surface area (TPSA) is 79.5 Å². The third-order valence-electron chi connectivity index (χ3n) is 3.73. The molecule has 1 atom stereocenters. The average molecular weight is 281 g/mol. The molecule has 20 heavy (non-hydrogen) atoms. The van der Waals surface area contributed by atoms with E-state index in [0.29, 0.717) is 18.4 Å². The van der Waals surface area contributed by atoms with Crippen LogP contribution in [0.15, 0.2) is 4.52 Å². The lowest BCUT2D eigenvalue weighted by molar-refractivity contribution is -0.137. The van der Waals surface area contributed by atoms with Crippen molar-refractivity contribution in [2.75, 3.05) is 13.1 Å². The van der Waals surface area contributed by atoms with Crippen molar-refractivity contribution in [3.63, 3.8) is 0 Å². The van der Waals surface area contributed by atoms with Crippen LogP contribution >= 0.6 is 0 Å². The first-order chi connectivity index (χ1) is 9.54. The van der Waals surface area contributed by atoms with Gasteiger partial charge in [-0.15, -0.1) is 0 Å². The van der Waals surface area contributed by atoms with E-state index in [4.69, 9.17) is 9.63 Å². The maximum atomic E-state index is 10.6. The van der Waals surface area contributed by atoms with E-state index in [-0.39, 0.29) is 12.3 Å². The number of likely N-dealkylation sites (tertiary alicyclic amines) is 1. The van der Waals surface area contributed by atoms with Gasteiger partial charge in [0.05, 0.1) is 6.54 Å². The van der Waals surface area contributed by atoms with E-state index >= 15 is 0 Å². The molecule has 2 rings (SSSR count).